The number of halogens is 1. The van der Waals surface area contributed by atoms with E-state index in [-0.39, 0.29) is 16.9 Å². The van der Waals surface area contributed by atoms with Crippen molar-refractivity contribution < 1.29 is 14.3 Å². The molecule has 0 saturated carbocycles. The van der Waals surface area contributed by atoms with Crippen LogP contribution in [-0.2, 0) is 5.54 Å². The number of aromatic nitrogens is 1. The first-order valence-electron chi connectivity index (χ1n) is 5.82. The number of rotatable bonds is 4. The molecule has 0 aliphatic carbocycles. The monoisotopic (exact) mass is 295 g/mol. The normalized spacial score (nSPS) is 11.3. The second-order valence-electron chi connectivity index (χ2n) is 4.81. The summed E-state index contributed by atoms with van der Waals surface area (Å²) in [4.78, 5) is 15.2. The predicted octanol–water partition coefficient (Wildman–Crippen LogP) is 2.91. The number of thiazole rings is 1. The lowest BCUT2D eigenvalue weighted by Crippen LogP contribution is -2.28. The predicted molar refractivity (Wildman–Crippen MR) is 76.5 cm³/mol. The van der Waals surface area contributed by atoms with Crippen LogP contribution in [0, 0.1) is 5.82 Å². The Balaban J connectivity index is 2.39. The fourth-order valence-electron chi connectivity index (χ4n) is 1.79. The second-order valence-corrected chi connectivity index (χ2v) is 5.71. The van der Waals surface area contributed by atoms with E-state index in [0.29, 0.717) is 0 Å². The first kappa shape index (κ1) is 14.3. The van der Waals surface area contributed by atoms with Crippen molar-refractivity contribution in [3.8, 4) is 0 Å². The van der Waals surface area contributed by atoms with Gasteiger partial charge in [-0.05, 0) is 26.0 Å². The first-order valence-corrected chi connectivity index (χ1v) is 6.69. The number of carboxylic acids is 1. The highest BCUT2D eigenvalue weighted by molar-refractivity contribution is 7.09. The summed E-state index contributed by atoms with van der Waals surface area (Å²) in [5.41, 5.74) is 4.71. The number of nitrogens with two attached hydrogens (primary N) is 1. The number of benzene rings is 1. The van der Waals surface area contributed by atoms with Gasteiger partial charge in [-0.1, -0.05) is 0 Å². The van der Waals surface area contributed by atoms with Crippen molar-refractivity contribution in [2.75, 3.05) is 11.1 Å². The summed E-state index contributed by atoms with van der Waals surface area (Å²) in [5, 5.41) is 14.6. The summed E-state index contributed by atoms with van der Waals surface area (Å²) >= 11 is 1.43. The molecule has 5 nitrogen and oxygen atoms in total. The average molecular weight is 295 g/mol. The number of carboxylic acid groups (broad SMARTS) is 1. The number of anilines is 2. The Labute approximate surface area is 119 Å². The molecule has 2 rings (SSSR count). The van der Waals surface area contributed by atoms with Gasteiger partial charge in [-0.2, -0.15) is 0 Å². The van der Waals surface area contributed by atoms with E-state index in [1.54, 1.807) is 6.20 Å². The zero-order valence-electron chi connectivity index (χ0n) is 11.0. The Morgan fingerprint density at radius 2 is 2.20 bits per heavy atom. The number of nitrogens with one attached hydrogen (secondary N) is 1. The average Bonchev–Trinajstić information content (AvgIpc) is 2.86. The molecule has 106 valence electrons. The second kappa shape index (κ2) is 5.09. The SMILES string of the molecule is CC(C)(Nc1cc(C(=O)O)c(N)cc1F)c1nccs1. The van der Waals surface area contributed by atoms with E-state index in [2.05, 4.69) is 10.3 Å². The molecule has 0 bridgehead atoms. The first-order chi connectivity index (χ1) is 9.31. The molecule has 7 heteroatoms. The van der Waals surface area contributed by atoms with E-state index < -0.39 is 17.3 Å². The van der Waals surface area contributed by atoms with Crippen molar-refractivity contribution in [3.05, 3.63) is 40.1 Å². The van der Waals surface area contributed by atoms with Crippen molar-refractivity contribution in [2.24, 2.45) is 0 Å². The van der Waals surface area contributed by atoms with Gasteiger partial charge in [0.25, 0.3) is 0 Å². The minimum atomic E-state index is -1.20. The molecular formula is C13H14FN3O2S. The molecule has 0 aliphatic heterocycles. The van der Waals surface area contributed by atoms with Crippen LogP contribution in [0.3, 0.4) is 0 Å². The van der Waals surface area contributed by atoms with E-state index in [0.717, 1.165) is 11.1 Å². The molecule has 0 unspecified atom stereocenters. The summed E-state index contributed by atoms with van der Waals surface area (Å²) in [6, 6.07) is 2.20. The summed E-state index contributed by atoms with van der Waals surface area (Å²) < 4.78 is 13.9. The Morgan fingerprint density at radius 1 is 1.50 bits per heavy atom. The van der Waals surface area contributed by atoms with Crippen LogP contribution in [0.1, 0.15) is 29.2 Å². The van der Waals surface area contributed by atoms with E-state index in [9.17, 15) is 9.18 Å². The van der Waals surface area contributed by atoms with Gasteiger partial charge in [0.15, 0.2) is 0 Å². The molecule has 0 saturated heterocycles. The maximum Gasteiger partial charge on any atom is 0.337 e. The largest absolute Gasteiger partial charge is 0.478 e. The highest BCUT2D eigenvalue weighted by atomic mass is 32.1. The van der Waals surface area contributed by atoms with Crippen LogP contribution in [0.25, 0.3) is 0 Å². The van der Waals surface area contributed by atoms with Crippen LogP contribution < -0.4 is 11.1 Å². The molecule has 0 amide bonds. The third kappa shape index (κ3) is 2.72. The Bertz CT molecular complexity index is 641. The summed E-state index contributed by atoms with van der Waals surface area (Å²) in [7, 11) is 0. The number of hydrogen-bond acceptors (Lipinski definition) is 5. The van der Waals surface area contributed by atoms with E-state index in [1.165, 1.54) is 17.4 Å². The quantitative estimate of drug-likeness (QED) is 0.755. The van der Waals surface area contributed by atoms with Gasteiger partial charge in [0.2, 0.25) is 0 Å². The molecule has 0 aliphatic rings. The van der Waals surface area contributed by atoms with Crippen molar-refractivity contribution in [2.45, 2.75) is 19.4 Å². The molecule has 2 aromatic rings. The van der Waals surface area contributed by atoms with Crippen LogP contribution >= 0.6 is 11.3 Å². The molecule has 0 spiro atoms. The lowest BCUT2D eigenvalue weighted by Gasteiger charge is -2.25. The van der Waals surface area contributed by atoms with Gasteiger partial charge < -0.3 is 16.2 Å². The van der Waals surface area contributed by atoms with Crippen LogP contribution in [0.15, 0.2) is 23.7 Å². The topological polar surface area (TPSA) is 88.2 Å². The minimum absolute atomic E-state index is 0.0804. The van der Waals surface area contributed by atoms with Gasteiger partial charge in [-0.25, -0.2) is 14.2 Å². The maximum atomic E-state index is 13.9. The van der Waals surface area contributed by atoms with Crippen LogP contribution in [0.2, 0.25) is 0 Å². The van der Waals surface area contributed by atoms with Crippen molar-refractivity contribution in [1.29, 1.82) is 0 Å². The van der Waals surface area contributed by atoms with E-state index >= 15 is 0 Å². The third-order valence-electron chi connectivity index (χ3n) is 2.78. The van der Waals surface area contributed by atoms with Crippen molar-refractivity contribution >= 4 is 28.7 Å². The van der Waals surface area contributed by atoms with Crippen LogP contribution in [0.4, 0.5) is 15.8 Å². The third-order valence-corrected chi connectivity index (χ3v) is 3.88. The standard InChI is InChI=1S/C13H14FN3O2S/c1-13(2,12-16-3-4-20-12)17-10-5-7(11(18)19)9(15)6-8(10)14/h3-6,17H,15H2,1-2H3,(H,18,19). The summed E-state index contributed by atoms with van der Waals surface area (Å²) in [6.45, 7) is 3.67. The fourth-order valence-corrected chi connectivity index (χ4v) is 2.51. The van der Waals surface area contributed by atoms with E-state index in [4.69, 9.17) is 10.8 Å². The van der Waals surface area contributed by atoms with Gasteiger partial charge in [0.05, 0.1) is 16.8 Å². The van der Waals surface area contributed by atoms with Gasteiger partial charge in [0.1, 0.15) is 10.8 Å². The molecule has 4 N–H and O–H groups in total. The number of nitrogens with zero attached hydrogens (tertiary/aromatic N) is 1. The van der Waals surface area contributed by atoms with Gasteiger partial charge in [-0.3, -0.25) is 0 Å². The molecule has 1 aromatic carbocycles. The zero-order valence-corrected chi connectivity index (χ0v) is 11.8. The Kier molecular flexibility index (Phi) is 3.63. The Morgan fingerprint density at radius 3 is 2.75 bits per heavy atom. The molecule has 1 aromatic heterocycles. The van der Waals surface area contributed by atoms with Gasteiger partial charge in [-0.15, -0.1) is 11.3 Å². The molecule has 0 radical (unpaired) electrons. The lowest BCUT2D eigenvalue weighted by atomic mass is 10.0. The minimum Gasteiger partial charge on any atom is -0.478 e. The molecule has 20 heavy (non-hydrogen) atoms. The highest BCUT2D eigenvalue weighted by Crippen LogP contribution is 2.30. The molecular weight excluding hydrogens is 281 g/mol. The van der Waals surface area contributed by atoms with Crippen LogP contribution in [-0.4, -0.2) is 16.1 Å². The fraction of sp³-hybridized carbons (Fsp3) is 0.231. The summed E-state index contributed by atoms with van der Waals surface area (Å²) in [5.74, 6) is -1.80. The van der Waals surface area contributed by atoms with Crippen LogP contribution in [0.5, 0.6) is 0 Å². The molecule has 0 fully saturated rings. The lowest BCUT2D eigenvalue weighted by molar-refractivity contribution is 0.0698. The van der Waals surface area contributed by atoms with Crippen molar-refractivity contribution in [3.63, 3.8) is 0 Å². The number of carbonyl (C=O) groups is 1. The van der Waals surface area contributed by atoms with Gasteiger partial charge in [0, 0.05) is 17.3 Å². The van der Waals surface area contributed by atoms with Crippen molar-refractivity contribution in [1.82, 2.24) is 4.98 Å². The Hall–Kier alpha value is -2.15. The van der Waals surface area contributed by atoms with Gasteiger partial charge >= 0.3 is 5.97 Å². The number of hydrogen-bond donors (Lipinski definition) is 3. The highest BCUT2D eigenvalue weighted by Gasteiger charge is 2.25. The maximum absolute atomic E-state index is 13.9. The molecule has 1 heterocycles. The van der Waals surface area contributed by atoms with E-state index in [1.807, 2.05) is 19.2 Å². The number of aromatic carboxylic acids is 1. The number of nitrogen functional groups attached to an aromatic ring is 1. The summed E-state index contributed by atoms with van der Waals surface area (Å²) in [6.07, 6.45) is 1.66. The zero-order chi connectivity index (χ0) is 14.9. The molecule has 0 atom stereocenters. The smallest absolute Gasteiger partial charge is 0.337 e.